The van der Waals surface area contributed by atoms with E-state index in [0.29, 0.717) is 16.1 Å². The lowest BCUT2D eigenvalue weighted by molar-refractivity contribution is -0.119. The van der Waals surface area contributed by atoms with Crippen LogP contribution in [0.25, 0.3) is 0 Å². The summed E-state index contributed by atoms with van der Waals surface area (Å²) in [4.78, 5) is 24.4. The molecule has 0 saturated carbocycles. The first-order valence-electron chi connectivity index (χ1n) is 6.66. The highest BCUT2D eigenvalue weighted by Gasteiger charge is 2.38. The summed E-state index contributed by atoms with van der Waals surface area (Å²) >= 11 is 5.84. The zero-order valence-corrected chi connectivity index (χ0v) is 12.5. The molecule has 0 radical (unpaired) electrons. The molecule has 2 aromatic carbocycles. The average molecular weight is 300 g/mol. The van der Waals surface area contributed by atoms with Crippen LogP contribution >= 0.6 is 11.6 Å². The normalized spacial score (nSPS) is 15.5. The highest BCUT2D eigenvalue weighted by molar-refractivity contribution is 6.30. The van der Waals surface area contributed by atoms with E-state index in [1.807, 2.05) is 13.8 Å². The number of ketones is 1. The number of carbonyl (C=O) groups is 2. The lowest BCUT2D eigenvalue weighted by Crippen LogP contribution is -2.27. The van der Waals surface area contributed by atoms with Crippen molar-refractivity contribution < 1.29 is 9.59 Å². The molecule has 2 aromatic rings. The third kappa shape index (κ3) is 2.24. The van der Waals surface area contributed by atoms with E-state index < -0.39 is 5.41 Å². The Hall–Kier alpha value is -2.13. The van der Waals surface area contributed by atoms with Crippen LogP contribution in [0.3, 0.4) is 0 Å². The van der Waals surface area contributed by atoms with Gasteiger partial charge in [0.25, 0.3) is 0 Å². The van der Waals surface area contributed by atoms with Crippen molar-refractivity contribution in [2.45, 2.75) is 19.3 Å². The van der Waals surface area contributed by atoms with Crippen LogP contribution < -0.4 is 5.32 Å². The quantitative estimate of drug-likeness (QED) is 0.857. The summed E-state index contributed by atoms with van der Waals surface area (Å²) in [7, 11) is 0. The van der Waals surface area contributed by atoms with Crippen molar-refractivity contribution in [2.75, 3.05) is 5.32 Å². The van der Waals surface area contributed by atoms with Crippen molar-refractivity contribution in [3.63, 3.8) is 0 Å². The Balaban J connectivity index is 2.02. The first kappa shape index (κ1) is 13.8. The molecular formula is C17H14ClNO2. The van der Waals surface area contributed by atoms with Gasteiger partial charge < -0.3 is 5.32 Å². The third-order valence-corrected chi connectivity index (χ3v) is 4.13. The molecule has 0 aromatic heterocycles. The van der Waals surface area contributed by atoms with Crippen LogP contribution in [-0.2, 0) is 10.2 Å². The Kier molecular flexibility index (Phi) is 3.10. The van der Waals surface area contributed by atoms with Gasteiger partial charge in [-0.05, 0) is 61.9 Å². The van der Waals surface area contributed by atoms with E-state index in [1.165, 1.54) is 0 Å². The van der Waals surface area contributed by atoms with Gasteiger partial charge >= 0.3 is 0 Å². The van der Waals surface area contributed by atoms with Crippen LogP contribution in [0.5, 0.6) is 0 Å². The maximum atomic E-state index is 12.5. The summed E-state index contributed by atoms with van der Waals surface area (Å²) in [5, 5.41) is 3.43. The molecule has 3 nitrogen and oxygen atoms in total. The molecule has 1 heterocycles. The minimum Gasteiger partial charge on any atom is -0.325 e. The lowest BCUT2D eigenvalue weighted by atomic mass is 9.84. The van der Waals surface area contributed by atoms with Crippen LogP contribution in [0.2, 0.25) is 5.02 Å². The Bertz CT molecular complexity index is 748. The van der Waals surface area contributed by atoms with Crippen molar-refractivity contribution in [2.24, 2.45) is 0 Å². The third-order valence-electron chi connectivity index (χ3n) is 3.88. The molecule has 106 valence electrons. The SMILES string of the molecule is CC1(C)C(=O)Nc2ccc(C(=O)c3ccc(Cl)cc3)cc21. The Morgan fingerprint density at radius 2 is 1.67 bits per heavy atom. The number of halogens is 1. The van der Waals surface area contributed by atoms with Gasteiger partial charge in [-0.25, -0.2) is 0 Å². The maximum absolute atomic E-state index is 12.5. The minimum absolute atomic E-state index is 0.0476. The number of hydrogen-bond donors (Lipinski definition) is 1. The second kappa shape index (κ2) is 4.71. The van der Waals surface area contributed by atoms with Crippen molar-refractivity contribution in [1.29, 1.82) is 0 Å². The first-order chi connectivity index (χ1) is 9.89. The molecule has 21 heavy (non-hydrogen) atoms. The number of nitrogens with one attached hydrogen (secondary N) is 1. The monoisotopic (exact) mass is 299 g/mol. The molecule has 0 unspecified atom stereocenters. The summed E-state index contributed by atoms with van der Waals surface area (Å²) in [6.07, 6.45) is 0. The number of hydrogen-bond acceptors (Lipinski definition) is 2. The molecular weight excluding hydrogens is 286 g/mol. The molecule has 0 atom stereocenters. The zero-order valence-electron chi connectivity index (χ0n) is 11.7. The topological polar surface area (TPSA) is 46.2 Å². The summed E-state index contributed by atoms with van der Waals surface area (Å²) in [6, 6.07) is 12.1. The highest BCUT2D eigenvalue weighted by atomic mass is 35.5. The predicted molar refractivity (Wildman–Crippen MR) is 83.0 cm³/mol. The van der Waals surface area contributed by atoms with E-state index >= 15 is 0 Å². The van der Waals surface area contributed by atoms with E-state index in [-0.39, 0.29) is 11.7 Å². The van der Waals surface area contributed by atoms with E-state index in [0.717, 1.165) is 11.3 Å². The summed E-state index contributed by atoms with van der Waals surface area (Å²) in [6.45, 7) is 3.70. The van der Waals surface area contributed by atoms with Crippen molar-refractivity contribution in [1.82, 2.24) is 0 Å². The zero-order chi connectivity index (χ0) is 15.2. The Morgan fingerprint density at radius 1 is 1.05 bits per heavy atom. The van der Waals surface area contributed by atoms with Gasteiger partial charge in [-0.3, -0.25) is 9.59 Å². The number of anilines is 1. The number of rotatable bonds is 2. The predicted octanol–water partition coefficient (Wildman–Crippen LogP) is 3.80. The number of carbonyl (C=O) groups excluding carboxylic acids is 2. The molecule has 0 spiro atoms. The second-order valence-electron chi connectivity index (χ2n) is 5.68. The fraction of sp³-hybridized carbons (Fsp3) is 0.176. The number of amides is 1. The lowest BCUT2D eigenvalue weighted by Gasteiger charge is -2.15. The summed E-state index contributed by atoms with van der Waals surface area (Å²) in [5.74, 6) is -0.127. The van der Waals surface area contributed by atoms with Crippen molar-refractivity contribution in [3.8, 4) is 0 Å². The van der Waals surface area contributed by atoms with Gasteiger partial charge in [-0.15, -0.1) is 0 Å². The van der Waals surface area contributed by atoms with Crippen molar-refractivity contribution in [3.05, 3.63) is 64.2 Å². The second-order valence-corrected chi connectivity index (χ2v) is 6.11. The number of fused-ring (bicyclic) bond motifs is 1. The molecule has 1 amide bonds. The van der Waals surface area contributed by atoms with E-state index in [2.05, 4.69) is 5.32 Å². The van der Waals surface area contributed by atoms with Gasteiger partial charge in [-0.2, -0.15) is 0 Å². The van der Waals surface area contributed by atoms with Crippen LogP contribution in [0, 0.1) is 0 Å². The summed E-state index contributed by atoms with van der Waals surface area (Å²) in [5.41, 5.74) is 2.16. The molecule has 0 aliphatic carbocycles. The molecule has 1 aliphatic heterocycles. The van der Waals surface area contributed by atoms with Gasteiger partial charge in [0, 0.05) is 21.8 Å². The van der Waals surface area contributed by atoms with Gasteiger partial charge in [0.15, 0.2) is 5.78 Å². The molecule has 1 N–H and O–H groups in total. The standard InChI is InChI=1S/C17H14ClNO2/c1-17(2)13-9-11(5-8-14(13)19-16(17)21)15(20)10-3-6-12(18)7-4-10/h3-9H,1-2H3,(H,19,21). The Labute approximate surface area is 127 Å². The molecule has 0 bridgehead atoms. The largest absolute Gasteiger partial charge is 0.325 e. The van der Waals surface area contributed by atoms with Crippen LogP contribution in [-0.4, -0.2) is 11.7 Å². The highest BCUT2D eigenvalue weighted by Crippen LogP contribution is 2.37. The van der Waals surface area contributed by atoms with E-state index in [4.69, 9.17) is 11.6 Å². The molecule has 0 fully saturated rings. The van der Waals surface area contributed by atoms with Gasteiger partial charge in [0.2, 0.25) is 5.91 Å². The maximum Gasteiger partial charge on any atom is 0.234 e. The number of benzene rings is 2. The van der Waals surface area contributed by atoms with Crippen LogP contribution in [0.1, 0.15) is 35.3 Å². The van der Waals surface area contributed by atoms with Gasteiger partial charge in [-0.1, -0.05) is 11.6 Å². The molecule has 0 saturated heterocycles. The van der Waals surface area contributed by atoms with Gasteiger partial charge in [0.05, 0.1) is 5.41 Å². The van der Waals surface area contributed by atoms with Crippen molar-refractivity contribution >= 4 is 29.0 Å². The van der Waals surface area contributed by atoms with Gasteiger partial charge in [0.1, 0.15) is 0 Å². The molecule has 1 aliphatic rings. The summed E-state index contributed by atoms with van der Waals surface area (Å²) < 4.78 is 0. The van der Waals surface area contributed by atoms with E-state index in [9.17, 15) is 9.59 Å². The molecule has 4 heteroatoms. The smallest absolute Gasteiger partial charge is 0.234 e. The fourth-order valence-corrected chi connectivity index (χ4v) is 2.61. The molecule has 3 rings (SSSR count). The van der Waals surface area contributed by atoms with E-state index in [1.54, 1.807) is 42.5 Å². The van der Waals surface area contributed by atoms with Crippen LogP contribution in [0.4, 0.5) is 5.69 Å². The van der Waals surface area contributed by atoms with Crippen LogP contribution in [0.15, 0.2) is 42.5 Å². The minimum atomic E-state index is -0.619. The Morgan fingerprint density at radius 3 is 2.33 bits per heavy atom. The fourth-order valence-electron chi connectivity index (χ4n) is 2.48. The first-order valence-corrected chi connectivity index (χ1v) is 7.03. The average Bonchev–Trinajstić information content (AvgIpc) is 2.69.